The van der Waals surface area contributed by atoms with E-state index in [1.165, 1.54) is 11.3 Å². The Morgan fingerprint density at radius 1 is 1.20 bits per heavy atom. The molecule has 2 aliphatic rings. The molecule has 2 aliphatic heterocycles. The van der Waals surface area contributed by atoms with Crippen LogP contribution in [0.4, 0.5) is 0 Å². The average Bonchev–Trinajstić information content (AvgIpc) is 3.27. The van der Waals surface area contributed by atoms with Gasteiger partial charge in [0.1, 0.15) is 11.4 Å². The summed E-state index contributed by atoms with van der Waals surface area (Å²) in [5.41, 5.74) is 0.823. The lowest BCUT2D eigenvalue weighted by Crippen LogP contribution is -2.52. The second-order valence-corrected chi connectivity index (χ2v) is 9.84. The van der Waals surface area contributed by atoms with Crippen LogP contribution in [0.2, 0.25) is 0 Å². The topological polar surface area (TPSA) is 58.6 Å². The molecule has 0 saturated carbocycles. The van der Waals surface area contributed by atoms with Gasteiger partial charge in [-0.05, 0) is 35.4 Å². The number of thiophene rings is 1. The van der Waals surface area contributed by atoms with Crippen LogP contribution in [-0.4, -0.2) is 41.9 Å². The number of piperidine rings is 1. The largest absolute Gasteiger partial charge is 0.487 e. The summed E-state index contributed by atoms with van der Waals surface area (Å²) >= 11 is 1.49. The summed E-state index contributed by atoms with van der Waals surface area (Å²) in [4.78, 5) is 28.0. The van der Waals surface area contributed by atoms with Crippen molar-refractivity contribution in [1.82, 2.24) is 10.2 Å². The number of fused-ring (bicyclic) bond motifs is 1. The molecule has 0 unspecified atom stereocenters. The van der Waals surface area contributed by atoms with Gasteiger partial charge in [0.15, 0.2) is 0 Å². The normalized spacial score (nSPS) is 20.0. The molecule has 3 heterocycles. The predicted octanol–water partition coefficient (Wildman–Crippen LogP) is 4.45. The van der Waals surface area contributed by atoms with Crippen molar-refractivity contribution in [3.63, 3.8) is 0 Å². The quantitative estimate of drug-likeness (QED) is 0.768. The Morgan fingerprint density at radius 2 is 1.97 bits per heavy atom. The van der Waals surface area contributed by atoms with Gasteiger partial charge >= 0.3 is 0 Å². The third kappa shape index (κ3) is 4.53. The van der Waals surface area contributed by atoms with Crippen molar-refractivity contribution in [2.75, 3.05) is 19.6 Å². The molecule has 4 rings (SSSR count). The van der Waals surface area contributed by atoms with Crippen LogP contribution in [0.3, 0.4) is 0 Å². The number of para-hydroxylation sites is 1. The molecule has 2 aromatic rings. The second kappa shape index (κ2) is 8.80. The number of hydrogen-bond acceptors (Lipinski definition) is 4. The van der Waals surface area contributed by atoms with Gasteiger partial charge in [-0.3, -0.25) is 9.59 Å². The van der Waals surface area contributed by atoms with Crippen LogP contribution in [0.1, 0.15) is 60.7 Å². The molecule has 1 aromatic heterocycles. The third-order valence-corrected chi connectivity index (χ3v) is 6.99. The minimum Gasteiger partial charge on any atom is -0.487 e. The highest BCUT2D eigenvalue weighted by Crippen LogP contribution is 2.46. The van der Waals surface area contributed by atoms with E-state index in [9.17, 15) is 9.59 Å². The molecule has 0 bridgehead atoms. The molecule has 1 spiro atoms. The molecule has 1 aromatic carbocycles. The van der Waals surface area contributed by atoms with E-state index in [-0.39, 0.29) is 23.3 Å². The maximum absolute atomic E-state index is 12.7. The van der Waals surface area contributed by atoms with Crippen LogP contribution >= 0.6 is 11.3 Å². The average molecular weight is 427 g/mol. The van der Waals surface area contributed by atoms with Crippen molar-refractivity contribution in [3.05, 3.63) is 52.2 Å². The summed E-state index contributed by atoms with van der Waals surface area (Å²) in [6.07, 6.45) is 2.89. The van der Waals surface area contributed by atoms with Crippen LogP contribution in [0, 0.1) is 5.92 Å². The number of carbonyl (C=O) groups excluding carboxylic acids is 2. The molecule has 160 valence electrons. The fraction of sp³-hybridized carbons (Fsp3) is 0.500. The number of amides is 2. The molecule has 30 heavy (non-hydrogen) atoms. The third-order valence-electron chi connectivity index (χ3n) is 6.14. The van der Waals surface area contributed by atoms with Crippen molar-refractivity contribution in [2.45, 2.75) is 51.0 Å². The van der Waals surface area contributed by atoms with Crippen molar-refractivity contribution < 1.29 is 14.3 Å². The first-order valence-electron chi connectivity index (χ1n) is 10.8. The van der Waals surface area contributed by atoms with Crippen molar-refractivity contribution in [2.24, 2.45) is 5.92 Å². The van der Waals surface area contributed by atoms with Gasteiger partial charge in [0.2, 0.25) is 5.91 Å². The molecule has 5 nitrogen and oxygen atoms in total. The number of ether oxygens (including phenoxy) is 1. The van der Waals surface area contributed by atoms with E-state index >= 15 is 0 Å². The van der Waals surface area contributed by atoms with Gasteiger partial charge < -0.3 is 15.0 Å². The van der Waals surface area contributed by atoms with Gasteiger partial charge in [-0.25, -0.2) is 0 Å². The number of benzene rings is 1. The van der Waals surface area contributed by atoms with Gasteiger partial charge in [-0.1, -0.05) is 38.1 Å². The zero-order valence-corrected chi connectivity index (χ0v) is 18.5. The Balaban J connectivity index is 1.46. The maximum Gasteiger partial charge on any atom is 0.263 e. The van der Waals surface area contributed by atoms with E-state index in [2.05, 4.69) is 25.2 Å². The van der Waals surface area contributed by atoms with Crippen molar-refractivity contribution >= 4 is 23.2 Å². The molecule has 0 aliphatic carbocycles. The Kier molecular flexibility index (Phi) is 6.14. The number of carbonyl (C=O) groups is 2. The molecule has 0 radical (unpaired) electrons. The van der Waals surface area contributed by atoms with Crippen LogP contribution in [0.5, 0.6) is 5.75 Å². The van der Waals surface area contributed by atoms with E-state index in [0.717, 1.165) is 35.5 Å². The summed E-state index contributed by atoms with van der Waals surface area (Å²) in [6, 6.07) is 11.9. The number of likely N-dealkylation sites (tertiary alicyclic amines) is 1. The molecular weight excluding hydrogens is 396 g/mol. The lowest BCUT2D eigenvalue weighted by molar-refractivity contribution is -0.122. The fourth-order valence-electron chi connectivity index (χ4n) is 4.52. The van der Waals surface area contributed by atoms with Crippen LogP contribution in [0.15, 0.2) is 41.8 Å². The number of rotatable bonds is 5. The van der Waals surface area contributed by atoms with E-state index in [1.54, 1.807) is 0 Å². The first kappa shape index (κ1) is 20.9. The Labute approximate surface area is 182 Å². The van der Waals surface area contributed by atoms with E-state index in [0.29, 0.717) is 32.0 Å². The Hall–Kier alpha value is -2.34. The summed E-state index contributed by atoms with van der Waals surface area (Å²) in [5, 5.41) is 5.00. The monoisotopic (exact) mass is 426 g/mol. The summed E-state index contributed by atoms with van der Waals surface area (Å²) in [5.74, 6) is 1.68. The van der Waals surface area contributed by atoms with Gasteiger partial charge in [0, 0.05) is 44.8 Å². The number of nitrogens with zero attached hydrogens (tertiary/aromatic N) is 1. The standard InChI is InChI=1S/C24H30N2O3S/c1-17(2)16-25-22(27)14-18-15-24(29-20-7-4-3-6-19(18)20)9-11-26(12-10-24)23(28)21-8-5-13-30-21/h3-8,13,17-18H,9-12,14-16H2,1-2H3,(H,25,27)/t18-/m1/s1. The van der Waals surface area contributed by atoms with Crippen LogP contribution in [0.25, 0.3) is 0 Å². The van der Waals surface area contributed by atoms with E-state index < -0.39 is 0 Å². The van der Waals surface area contributed by atoms with Crippen molar-refractivity contribution in [3.8, 4) is 5.75 Å². The molecule has 1 N–H and O–H groups in total. The molecule has 1 fully saturated rings. The van der Waals surface area contributed by atoms with Gasteiger partial charge in [0.25, 0.3) is 5.91 Å². The zero-order chi connectivity index (χ0) is 21.1. The number of hydrogen-bond donors (Lipinski definition) is 1. The first-order chi connectivity index (χ1) is 14.5. The summed E-state index contributed by atoms with van der Waals surface area (Å²) in [7, 11) is 0. The van der Waals surface area contributed by atoms with Gasteiger partial charge in [0.05, 0.1) is 4.88 Å². The van der Waals surface area contributed by atoms with E-state index in [1.807, 2.05) is 40.6 Å². The molecular formula is C24H30N2O3S. The SMILES string of the molecule is CC(C)CNC(=O)C[C@@H]1CC2(CCN(C(=O)c3cccs3)CC2)Oc2ccccc21. The molecule has 1 atom stereocenters. The summed E-state index contributed by atoms with van der Waals surface area (Å²) in [6.45, 7) is 6.28. The predicted molar refractivity (Wildman–Crippen MR) is 119 cm³/mol. The lowest BCUT2D eigenvalue weighted by atomic mass is 9.76. The number of nitrogens with one attached hydrogen (secondary N) is 1. The zero-order valence-electron chi connectivity index (χ0n) is 17.7. The van der Waals surface area contributed by atoms with E-state index in [4.69, 9.17) is 4.74 Å². The molecule has 1 saturated heterocycles. The highest BCUT2D eigenvalue weighted by molar-refractivity contribution is 7.12. The van der Waals surface area contributed by atoms with Crippen LogP contribution < -0.4 is 10.1 Å². The van der Waals surface area contributed by atoms with Crippen LogP contribution in [-0.2, 0) is 4.79 Å². The highest BCUT2D eigenvalue weighted by Gasteiger charge is 2.44. The van der Waals surface area contributed by atoms with Crippen molar-refractivity contribution in [1.29, 1.82) is 0 Å². The molecule has 6 heteroatoms. The van der Waals surface area contributed by atoms with Gasteiger partial charge in [-0.2, -0.15) is 0 Å². The van der Waals surface area contributed by atoms with Gasteiger partial charge in [-0.15, -0.1) is 11.3 Å². The Morgan fingerprint density at radius 3 is 2.67 bits per heavy atom. The lowest BCUT2D eigenvalue weighted by Gasteiger charge is -2.46. The highest BCUT2D eigenvalue weighted by atomic mass is 32.1. The first-order valence-corrected chi connectivity index (χ1v) is 11.7. The fourth-order valence-corrected chi connectivity index (χ4v) is 5.21. The second-order valence-electron chi connectivity index (χ2n) is 8.90. The Bertz CT molecular complexity index is 886. The minimum atomic E-state index is -0.302. The summed E-state index contributed by atoms with van der Waals surface area (Å²) < 4.78 is 6.52. The molecule has 2 amide bonds. The smallest absolute Gasteiger partial charge is 0.263 e. The minimum absolute atomic E-state index is 0.103. The maximum atomic E-state index is 12.7.